The fraction of sp³-hybridized carbons (Fsp3) is 0.588. The van der Waals surface area contributed by atoms with Gasteiger partial charge in [-0.1, -0.05) is 11.9 Å². The van der Waals surface area contributed by atoms with Crippen LogP contribution < -0.4 is 56.3 Å². The second-order valence-corrected chi connectivity index (χ2v) is 8.11. The molecule has 0 unspecified atom stereocenters. The zero-order valence-electron chi connectivity index (χ0n) is 16.6. The number of amides is 1. The van der Waals surface area contributed by atoms with Crippen molar-refractivity contribution < 1.29 is 73.9 Å². The maximum atomic E-state index is 12.8. The first-order valence-electron chi connectivity index (χ1n) is 8.62. The first-order valence-corrected chi connectivity index (χ1v) is 9.07. The van der Waals surface area contributed by atoms with Gasteiger partial charge < -0.3 is 27.5 Å². The molecule has 1 aliphatic rings. The molecule has 4 nitrogen and oxygen atoms in total. The summed E-state index contributed by atoms with van der Waals surface area (Å²) in [5.74, 6) is 0. The molecule has 146 valence electrons. The minimum absolute atomic E-state index is 0. The molecular weight excluding hydrogens is 403 g/mol. The van der Waals surface area contributed by atoms with Crippen LogP contribution in [0.5, 0.6) is 0 Å². The molecule has 1 fully saturated rings. The van der Waals surface area contributed by atoms with Gasteiger partial charge >= 0.3 is 64.5 Å². The van der Waals surface area contributed by atoms with Crippen LogP contribution in [0.3, 0.4) is 0 Å². The van der Waals surface area contributed by atoms with E-state index in [0.717, 1.165) is 11.3 Å². The largest absolute Gasteiger partial charge is 1.00 e. The average molecular weight is 428 g/mol. The van der Waals surface area contributed by atoms with E-state index < -0.39 is 18.9 Å². The second-order valence-electron chi connectivity index (χ2n) is 7.63. The molecule has 0 saturated carbocycles. The first kappa shape index (κ1) is 25.2. The third kappa shape index (κ3) is 7.81. The van der Waals surface area contributed by atoms with Crippen LogP contribution in [0.2, 0.25) is 0 Å². The summed E-state index contributed by atoms with van der Waals surface area (Å²) in [5.41, 5.74) is 1.26. The number of hydrogen-bond donors (Lipinski definition) is 1. The first-order chi connectivity index (χ1) is 11.9. The van der Waals surface area contributed by atoms with Crippen LogP contribution >= 0.6 is 12.6 Å². The maximum Gasteiger partial charge on any atom is 1.00 e. The van der Waals surface area contributed by atoms with Crippen molar-refractivity contribution in [3.8, 4) is 0 Å². The summed E-state index contributed by atoms with van der Waals surface area (Å²) in [4.78, 5) is 16.3. The SMILES string of the molecule is Cc1c(S)cc(C[B-](F)(F)F)cc1N1CCN(C(=O)OC(C)(C)C)CC1.[K+]. The standard InChI is InChI=1S/C17H25BF3N2O2S.K/c1-12-14(9-13(10-15(12)26)11-18(19,20)21)22-5-7-23(8-6-22)16(24)25-17(2,3)4;/h9-10,26H,5-8,11H2,1-4H3;/q-1;+1. The van der Waals surface area contributed by atoms with E-state index in [-0.39, 0.29) is 63.0 Å². The molecule has 0 bridgehead atoms. The van der Waals surface area contributed by atoms with Crippen LogP contribution in [-0.2, 0) is 11.1 Å². The van der Waals surface area contributed by atoms with E-state index in [4.69, 9.17) is 4.74 Å². The minimum Gasteiger partial charge on any atom is -0.449 e. The summed E-state index contributed by atoms with van der Waals surface area (Å²) in [6.07, 6.45) is -1.28. The van der Waals surface area contributed by atoms with Gasteiger partial charge in [-0.05, 0) is 45.4 Å². The number of thiol groups is 1. The van der Waals surface area contributed by atoms with Crippen molar-refractivity contribution in [2.24, 2.45) is 0 Å². The van der Waals surface area contributed by atoms with E-state index in [1.54, 1.807) is 11.0 Å². The van der Waals surface area contributed by atoms with Crippen LogP contribution in [0.4, 0.5) is 23.4 Å². The van der Waals surface area contributed by atoms with E-state index >= 15 is 0 Å². The Bertz CT molecular complexity index is 675. The molecule has 0 radical (unpaired) electrons. The topological polar surface area (TPSA) is 32.8 Å². The molecule has 0 spiro atoms. The van der Waals surface area contributed by atoms with Gasteiger partial charge in [0.1, 0.15) is 5.60 Å². The van der Waals surface area contributed by atoms with Crippen LogP contribution in [0.15, 0.2) is 17.0 Å². The number of piperazine rings is 1. The molecule has 1 aromatic rings. The summed E-state index contributed by atoms with van der Waals surface area (Å²) in [6.45, 7) is 4.38. The fourth-order valence-corrected chi connectivity index (χ4v) is 3.19. The summed E-state index contributed by atoms with van der Waals surface area (Å²) in [5, 5.41) is 0. The summed E-state index contributed by atoms with van der Waals surface area (Å²) in [7, 11) is 0. The summed E-state index contributed by atoms with van der Waals surface area (Å²) < 4.78 is 43.7. The molecule has 1 amide bonds. The molecule has 1 aromatic carbocycles. The third-order valence-corrected chi connectivity index (χ3v) is 4.62. The predicted octanol–water partition coefficient (Wildman–Crippen LogP) is 1.27. The second kappa shape index (κ2) is 9.76. The zero-order valence-corrected chi connectivity index (χ0v) is 20.6. The molecule has 1 saturated heterocycles. The molecule has 0 atom stereocenters. The van der Waals surface area contributed by atoms with Crippen molar-refractivity contribution in [1.29, 1.82) is 0 Å². The van der Waals surface area contributed by atoms with Crippen LogP contribution in [0, 0.1) is 6.92 Å². The Morgan fingerprint density at radius 2 is 1.74 bits per heavy atom. The number of benzene rings is 1. The predicted molar refractivity (Wildman–Crippen MR) is 101 cm³/mol. The molecule has 0 N–H and O–H groups in total. The summed E-state index contributed by atoms with van der Waals surface area (Å²) in [6, 6.07) is 3.07. The molecule has 27 heavy (non-hydrogen) atoms. The molecule has 1 aliphatic heterocycles. The van der Waals surface area contributed by atoms with Crippen molar-refractivity contribution in [2.75, 3.05) is 31.1 Å². The number of anilines is 1. The normalized spacial score (nSPS) is 15.4. The fourth-order valence-electron chi connectivity index (χ4n) is 2.91. The average Bonchev–Trinajstić information content (AvgIpc) is 2.47. The molecule has 2 rings (SSSR count). The quantitative estimate of drug-likeness (QED) is 0.582. The van der Waals surface area contributed by atoms with Crippen molar-refractivity contribution in [2.45, 2.75) is 44.5 Å². The Kier molecular flexibility index (Phi) is 9.09. The zero-order chi connectivity index (χ0) is 19.7. The van der Waals surface area contributed by atoms with Gasteiger partial charge in [0.2, 0.25) is 0 Å². The Labute approximate surface area is 207 Å². The molecule has 10 heteroatoms. The van der Waals surface area contributed by atoms with E-state index in [0.29, 0.717) is 31.1 Å². The van der Waals surface area contributed by atoms with Gasteiger partial charge in [0.25, 0.3) is 0 Å². The Morgan fingerprint density at radius 1 is 1.19 bits per heavy atom. The van der Waals surface area contributed by atoms with Gasteiger partial charge in [0.05, 0.1) is 0 Å². The van der Waals surface area contributed by atoms with E-state index in [2.05, 4.69) is 12.6 Å². The number of carbonyl (C=O) groups is 1. The molecule has 1 heterocycles. The maximum absolute atomic E-state index is 12.8. The van der Waals surface area contributed by atoms with Gasteiger partial charge in [-0.15, -0.1) is 12.6 Å². The van der Waals surface area contributed by atoms with Crippen LogP contribution in [-0.4, -0.2) is 49.8 Å². The van der Waals surface area contributed by atoms with E-state index in [9.17, 15) is 17.7 Å². The molecule has 0 aromatic heterocycles. The van der Waals surface area contributed by atoms with Crippen LogP contribution in [0.1, 0.15) is 31.9 Å². The van der Waals surface area contributed by atoms with Crippen molar-refractivity contribution in [1.82, 2.24) is 4.90 Å². The number of rotatable bonds is 3. The van der Waals surface area contributed by atoms with Gasteiger partial charge in [0.15, 0.2) is 0 Å². The van der Waals surface area contributed by atoms with Gasteiger partial charge in [-0.2, -0.15) is 0 Å². The van der Waals surface area contributed by atoms with Crippen molar-refractivity contribution in [3.05, 3.63) is 23.3 Å². The summed E-state index contributed by atoms with van der Waals surface area (Å²) >= 11 is 4.33. The molecule has 0 aliphatic carbocycles. The number of nitrogens with zero attached hydrogens (tertiary/aromatic N) is 2. The molecular formula is C17H25BF3KN2O2S. The number of halogens is 3. The van der Waals surface area contributed by atoms with Gasteiger partial charge in [-0.3, -0.25) is 0 Å². The van der Waals surface area contributed by atoms with Crippen molar-refractivity contribution in [3.63, 3.8) is 0 Å². The van der Waals surface area contributed by atoms with Gasteiger partial charge in [0, 0.05) is 36.8 Å². The Hall–Kier alpha value is 0.131. The van der Waals surface area contributed by atoms with E-state index in [1.807, 2.05) is 32.6 Å². The number of carbonyl (C=O) groups excluding carboxylic acids is 1. The Balaban J connectivity index is 0.00000364. The van der Waals surface area contributed by atoms with Gasteiger partial charge in [-0.25, -0.2) is 4.79 Å². The number of ether oxygens (including phenoxy) is 1. The van der Waals surface area contributed by atoms with Crippen molar-refractivity contribution >= 4 is 31.4 Å². The third-order valence-electron chi connectivity index (χ3n) is 4.15. The van der Waals surface area contributed by atoms with E-state index in [1.165, 1.54) is 6.07 Å². The monoisotopic (exact) mass is 428 g/mol. The number of hydrogen-bond acceptors (Lipinski definition) is 4. The Morgan fingerprint density at radius 3 is 2.22 bits per heavy atom. The van der Waals surface area contributed by atoms with Crippen LogP contribution in [0.25, 0.3) is 0 Å². The minimum atomic E-state index is -4.90. The smallest absolute Gasteiger partial charge is 0.449 e.